The van der Waals surface area contributed by atoms with Gasteiger partial charge in [-0.25, -0.2) is 0 Å². The van der Waals surface area contributed by atoms with Gasteiger partial charge in [-0.2, -0.15) is 0 Å². The smallest absolute Gasteiger partial charge is 0.324 e. The van der Waals surface area contributed by atoms with Crippen molar-refractivity contribution in [3.05, 3.63) is 57.0 Å². The van der Waals surface area contributed by atoms with Crippen LogP contribution in [0.1, 0.15) is 21.7 Å². The molecule has 1 fully saturated rings. The molecular formula is C18H21N3O4S. The molecule has 0 unspecified atom stereocenters. The molecule has 0 saturated carbocycles. The van der Waals surface area contributed by atoms with Crippen LogP contribution < -0.4 is 4.90 Å². The number of ketones is 1. The fourth-order valence-electron chi connectivity index (χ4n) is 3.12. The SMILES string of the molecule is O=C(CCN1CCN(c2ccccc2CO)CC1)c1ccc([N+](=O)[O-])s1. The first-order valence-electron chi connectivity index (χ1n) is 8.52. The van der Waals surface area contributed by atoms with E-state index < -0.39 is 4.92 Å². The Hall–Kier alpha value is -2.29. The summed E-state index contributed by atoms with van der Waals surface area (Å²) < 4.78 is 0. The molecule has 7 nitrogen and oxygen atoms in total. The standard InChI is InChI=1S/C18H21N3O4S/c22-13-14-3-1-2-4-15(14)20-11-9-19(10-12-20)8-7-16(23)17-5-6-18(26-17)21(24)25/h1-6,22H,7-13H2. The minimum absolute atomic E-state index is 0.00418. The molecule has 2 heterocycles. The molecule has 1 aromatic heterocycles. The van der Waals surface area contributed by atoms with Crippen molar-refractivity contribution in [2.75, 3.05) is 37.6 Å². The number of carbonyl (C=O) groups is 1. The number of anilines is 1. The summed E-state index contributed by atoms with van der Waals surface area (Å²) in [7, 11) is 0. The Kier molecular flexibility index (Phi) is 5.97. The van der Waals surface area contributed by atoms with Gasteiger partial charge in [0.1, 0.15) is 0 Å². The van der Waals surface area contributed by atoms with Gasteiger partial charge in [0, 0.05) is 56.5 Å². The largest absolute Gasteiger partial charge is 0.392 e. The molecule has 1 saturated heterocycles. The molecule has 1 N–H and O–H groups in total. The zero-order chi connectivity index (χ0) is 18.5. The van der Waals surface area contributed by atoms with E-state index in [2.05, 4.69) is 9.80 Å². The van der Waals surface area contributed by atoms with Gasteiger partial charge in [0.2, 0.25) is 0 Å². The predicted octanol–water partition coefficient (Wildman–Crippen LogP) is 2.54. The van der Waals surface area contributed by atoms with Gasteiger partial charge in [-0.3, -0.25) is 19.8 Å². The third-order valence-corrected chi connectivity index (χ3v) is 5.65. The van der Waals surface area contributed by atoms with Gasteiger partial charge in [-0.1, -0.05) is 29.5 Å². The van der Waals surface area contributed by atoms with E-state index in [0.29, 0.717) is 17.8 Å². The first kappa shape index (κ1) is 18.5. The van der Waals surface area contributed by atoms with Crippen LogP contribution >= 0.6 is 11.3 Å². The molecule has 0 bridgehead atoms. The molecule has 1 aromatic carbocycles. The molecule has 26 heavy (non-hydrogen) atoms. The van der Waals surface area contributed by atoms with E-state index in [9.17, 15) is 20.0 Å². The molecule has 0 spiro atoms. The van der Waals surface area contributed by atoms with E-state index in [-0.39, 0.29) is 17.4 Å². The Bertz CT molecular complexity index is 784. The number of rotatable bonds is 7. The van der Waals surface area contributed by atoms with E-state index in [1.165, 1.54) is 12.1 Å². The predicted molar refractivity (Wildman–Crippen MR) is 101 cm³/mol. The lowest BCUT2D eigenvalue weighted by atomic mass is 10.1. The summed E-state index contributed by atoms with van der Waals surface area (Å²) in [6.45, 7) is 4.05. The van der Waals surface area contributed by atoms with Gasteiger partial charge < -0.3 is 10.0 Å². The first-order chi connectivity index (χ1) is 12.6. The molecule has 0 amide bonds. The maximum atomic E-state index is 12.2. The Balaban J connectivity index is 1.49. The van der Waals surface area contributed by atoms with Crippen LogP contribution in [0, 0.1) is 10.1 Å². The summed E-state index contributed by atoms with van der Waals surface area (Å²) >= 11 is 0.938. The van der Waals surface area contributed by atoms with Crippen LogP contribution in [0.3, 0.4) is 0 Å². The highest BCUT2D eigenvalue weighted by Crippen LogP contribution is 2.25. The molecule has 0 aliphatic carbocycles. The molecule has 3 rings (SSSR count). The quantitative estimate of drug-likeness (QED) is 0.455. The Labute approximate surface area is 155 Å². The van der Waals surface area contributed by atoms with Gasteiger partial charge in [-0.15, -0.1) is 0 Å². The number of aliphatic hydroxyl groups is 1. The second-order valence-electron chi connectivity index (χ2n) is 6.18. The Morgan fingerprint density at radius 1 is 1.15 bits per heavy atom. The molecule has 2 aromatic rings. The number of nitro groups is 1. The summed E-state index contributed by atoms with van der Waals surface area (Å²) in [6.07, 6.45) is 0.366. The minimum atomic E-state index is -0.467. The van der Waals surface area contributed by atoms with E-state index in [4.69, 9.17) is 0 Å². The van der Waals surface area contributed by atoms with Crippen LogP contribution in [-0.2, 0) is 6.61 Å². The van der Waals surface area contributed by atoms with Gasteiger partial charge in [0.15, 0.2) is 5.78 Å². The van der Waals surface area contributed by atoms with E-state index in [0.717, 1.165) is 48.8 Å². The first-order valence-corrected chi connectivity index (χ1v) is 9.33. The second-order valence-corrected chi connectivity index (χ2v) is 7.25. The topological polar surface area (TPSA) is 86.9 Å². The van der Waals surface area contributed by atoms with Gasteiger partial charge in [0.25, 0.3) is 0 Å². The van der Waals surface area contributed by atoms with Crippen molar-refractivity contribution in [1.29, 1.82) is 0 Å². The Morgan fingerprint density at radius 3 is 2.54 bits per heavy atom. The zero-order valence-corrected chi connectivity index (χ0v) is 15.2. The number of para-hydroxylation sites is 1. The van der Waals surface area contributed by atoms with Crippen LogP contribution in [-0.4, -0.2) is 53.4 Å². The number of piperazine rings is 1. The van der Waals surface area contributed by atoms with Crippen LogP contribution in [0.25, 0.3) is 0 Å². The molecular weight excluding hydrogens is 354 g/mol. The normalized spacial score (nSPS) is 15.2. The maximum Gasteiger partial charge on any atom is 0.324 e. The fourth-order valence-corrected chi connectivity index (χ4v) is 3.91. The molecule has 1 aliphatic heterocycles. The molecule has 0 radical (unpaired) electrons. The second kappa shape index (κ2) is 8.39. The number of hydrogen-bond donors (Lipinski definition) is 1. The lowest BCUT2D eigenvalue weighted by Gasteiger charge is -2.36. The van der Waals surface area contributed by atoms with Crippen molar-refractivity contribution in [3.63, 3.8) is 0 Å². The van der Waals surface area contributed by atoms with Crippen molar-refractivity contribution in [1.82, 2.24) is 4.90 Å². The average Bonchev–Trinajstić information content (AvgIpc) is 3.17. The average molecular weight is 375 g/mol. The van der Waals surface area contributed by atoms with Crippen molar-refractivity contribution < 1.29 is 14.8 Å². The van der Waals surface area contributed by atoms with Crippen LogP contribution in [0.2, 0.25) is 0 Å². The highest BCUT2D eigenvalue weighted by Gasteiger charge is 2.20. The zero-order valence-electron chi connectivity index (χ0n) is 14.3. The molecule has 1 aliphatic rings. The summed E-state index contributed by atoms with van der Waals surface area (Å²) in [5.41, 5.74) is 1.99. The summed E-state index contributed by atoms with van der Waals surface area (Å²) in [5, 5.41) is 20.2. The highest BCUT2D eigenvalue weighted by atomic mass is 32.1. The van der Waals surface area contributed by atoms with Gasteiger partial charge in [0.05, 0.1) is 16.4 Å². The van der Waals surface area contributed by atoms with Crippen molar-refractivity contribution in [2.45, 2.75) is 13.0 Å². The van der Waals surface area contributed by atoms with Crippen molar-refractivity contribution in [2.24, 2.45) is 0 Å². The molecule has 8 heteroatoms. The lowest BCUT2D eigenvalue weighted by molar-refractivity contribution is -0.380. The van der Waals surface area contributed by atoms with Crippen molar-refractivity contribution in [3.8, 4) is 0 Å². The number of Topliss-reactive ketones (excluding diaryl/α,β-unsaturated/α-hetero) is 1. The molecule has 138 valence electrons. The lowest BCUT2D eigenvalue weighted by Crippen LogP contribution is -2.47. The fraction of sp³-hybridized carbons (Fsp3) is 0.389. The Morgan fingerprint density at radius 2 is 1.88 bits per heavy atom. The number of aliphatic hydroxyl groups excluding tert-OH is 1. The maximum absolute atomic E-state index is 12.2. The summed E-state index contributed by atoms with van der Waals surface area (Å²) in [6, 6.07) is 10.8. The third-order valence-electron chi connectivity index (χ3n) is 4.58. The number of benzene rings is 1. The van der Waals surface area contributed by atoms with Gasteiger partial charge >= 0.3 is 5.00 Å². The summed E-state index contributed by atoms with van der Waals surface area (Å²) in [4.78, 5) is 27.4. The van der Waals surface area contributed by atoms with E-state index in [1.54, 1.807) is 0 Å². The van der Waals surface area contributed by atoms with Gasteiger partial charge in [-0.05, 0) is 12.1 Å². The number of carbonyl (C=O) groups excluding carboxylic acids is 1. The van der Waals surface area contributed by atoms with Crippen LogP contribution in [0.4, 0.5) is 10.7 Å². The number of thiophene rings is 1. The minimum Gasteiger partial charge on any atom is -0.392 e. The number of hydrogen-bond acceptors (Lipinski definition) is 7. The molecule has 0 atom stereocenters. The van der Waals surface area contributed by atoms with Crippen molar-refractivity contribution >= 4 is 27.8 Å². The van der Waals surface area contributed by atoms with Crippen LogP contribution in [0.15, 0.2) is 36.4 Å². The summed E-state index contributed by atoms with van der Waals surface area (Å²) in [5.74, 6) is -0.0452. The third kappa shape index (κ3) is 4.27. The van der Waals surface area contributed by atoms with Crippen LogP contribution in [0.5, 0.6) is 0 Å². The number of nitrogens with zero attached hydrogens (tertiary/aromatic N) is 3. The van der Waals surface area contributed by atoms with E-state index in [1.807, 2.05) is 24.3 Å². The highest BCUT2D eigenvalue weighted by molar-refractivity contribution is 7.17. The monoisotopic (exact) mass is 375 g/mol. The van der Waals surface area contributed by atoms with E-state index >= 15 is 0 Å².